The zero-order valence-corrected chi connectivity index (χ0v) is 19.1. The van der Waals surface area contributed by atoms with E-state index in [9.17, 15) is 23.1 Å². The van der Waals surface area contributed by atoms with Crippen molar-refractivity contribution in [3.63, 3.8) is 0 Å². The van der Waals surface area contributed by atoms with Gasteiger partial charge >= 0.3 is 12.3 Å². The second-order valence-corrected chi connectivity index (χ2v) is 9.13. The second kappa shape index (κ2) is 10.0. The Bertz CT molecular complexity index is 944. The molecule has 1 amide bonds. The molecule has 2 rings (SSSR count). The Morgan fingerprint density at radius 3 is 2.28 bits per heavy atom. The summed E-state index contributed by atoms with van der Waals surface area (Å²) in [6.07, 6.45) is -4.30. The molecule has 0 radical (unpaired) electrons. The Morgan fingerprint density at radius 1 is 1.06 bits per heavy atom. The Balaban J connectivity index is 2.05. The standard InChI is InChI=1S/C23H27ClF3NO4/c1-21(2,3)32-20(30)28-22(4,14-29)11-10-15-8-9-18(13-19(15)24)31-17-7-5-6-16(12-17)23(25,26)27/h5-9,12-13,29H,10-11,14H2,1-4H3,(H,28,30)/t22-/m1/s1. The number of aliphatic hydroxyl groups excluding tert-OH is 1. The molecule has 9 heteroatoms. The lowest BCUT2D eigenvalue weighted by Gasteiger charge is -2.30. The molecular weight excluding hydrogens is 447 g/mol. The Hall–Kier alpha value is -2.45. The van der Waals surface area contributed by atoms with Gasteiger partial charge in [0.15, 0.2) is 0 Å². The van der Waals surface area contributed by atoms with Crippen LogP contribution < -0.4 is 10.1 Å². The number of nitrogens with one attached hydrogen (secondary N) is 1. The minimum atomic E-state index is -4.46. The fourth-order valence-corrected chi connectivity index (χ4v) is 3.07. The van der Waals surface area contributed by atoms with Gasteiger partial charge in [0.25, 0.3) is 0 Å². The third-order valence-corrected chi connectivity index (χ3v) is 4.87. The van der Waals surface area contributed by atoms with E-state index in [0.29, 0.717) is 17.9 Å². The minimum Gasteiger partial charge on any atom is -0.457 e. The molecule has 2 aromatic rings. The molecule has 0 saturated carbocycles. The van der Waals surface area contributed by atoms with E-state index in [2.05, 4.69) is 5.32 Å². The maximum atomic E-state index is 12.9. The minimum absolute atomic E-state index is 0.0399. The summed E-state index contributed by atoms with van der Waals surface area (Å²) in [6.45, 7) is 6.61. The Morgan fingerprint density at radius 2 is 1.72 bits per heavy atom. The average Bonchev–Trinajstić information content (AvgIpc) is 2.65. The first-order valence-electron chi connectivity index (χ1n) is 9.96. The van der Waals surface area contributed by atoms with Crippen molar-refractivity contribution in [3.8, 4) is 11.5 Å². The van der Waals surface area contributed by atoms with Gasteiger partial charge < -0.3 is 19.9 Å². The lowest BCUT2D eigenvalue weighted by Crippen LogP contribution is -2.50. The fraction of sp³-hybridized carbons (Fsp3) is 0.435. The highest BCUT2D eigenvalue weighted by atomic mass is 35.5. The summed E-state index contributed by atoms with van der Waals surface area (Å²) < 4.78 is 49.4. The molecule has 0 aliphatic rings. The van der Waals surface area contributed by atoms with Gasteiger partial charge in [-0.1, -0.05) is 23.7 Å². The zero-order chi connectivity index (χ0) is 24.2. The number of aryl methyl sites for hydroxylation is 1. The summed E-state index contributed by atoms with van der Waals surface area (Å²) in [7, 11) is 0. The quantitative estimate of drug-likeness (QED) is 0.491. The number of carbonyl (C=O) groups excluding carboxylic acids is 1. The smallest absolute Gasteiger partial charge is 0.416 e. The van der Waals surface area contributed by atoms with Gasteiger partial charge in [-0.05, 0) is 76.4 Å². The molecule has 0 fully saturated rings. The molecule has 0 aromatic heterocycles. The number of carbonyl (C=O) groups is 1. The first-order chi connectivity index (χ1) is 14.7. The van der Waals surface area contributed by atoms with Crippen molar-refractivity contribution in [3.05, 3.63) is 58.6 Å². The van der Waals surface area contributed by atoms with E-state index in [1.807, 2.05) is 0 Å². The molecule has 5 nitrogen and oxygen atoms in total. The largest absolute Gasteiger partial charge is 0.457 e. The van der Waals surface area contributed by atoms with Gasteiger partial charge in [0, 0.05) is 5.02 Å². The van der Waals surface area contributed by atoms with Gasteiger partial charge in [-0.2, -0.15) is 13.2 Å². The Labute approximate surface area is 190 Å². The van der Waals surface area contributed by atoms with Gasteiger partial charge in [0.1, 0.15) is 17.1 Å². The van der Waals surface area contributed by atoms with Crippen molar-refractivity contribution in [1.29, 1.82) is 0 Å². The third-order valence-electron chi connectivity index (χ3n) is 4.52. The maximum absolute atomic E-state index is 12.9. The number of alkyl carbamates (subject to hydrolysis) is 1. The number of aliphatic hydroxyl groups is 1. The number of ether oxygens (including phenoxy) is 2. The van der Waals surface area contributed by atoms with Crippen molar-refractivity contribution < 1.29 is 32.5 Å². The van der Waals surface area contributed by atoms with Crippen LogP contribution in [-0.2, 0) is 17.3 Å². The molecule has 176 valence electrons. The Kier molecular flexibility index (Phi) is 8.07. The van der Waals surface area contributed by atoms with Crippen LogP contribution in [0, 0.1) is 0 Å². The lowest BCUT2D eigenvalue weighted by atomic mass is 9.94. The summed E-state index contributed by atoms with van der Waals surface area (Å²) in [4.78, 5) is 12.1. The molecule has 0 saturated heterocycles. The van der Waals surface area contributed by atoms with Crippen molar-refractivity contribution in [2.45, 2.75) is 57.9 Å². The number of halogens is 4. The van der Waals surface area contributed by atoms with E-state index >= 15 is 0 Å². The predicted octanol–water partition coefficient (Wildman–Crippen LogP) is 6.36. The average molecular weight is 474 g/mol. The van der Waals surface area contributed by atoms with Crippen LogP contribution in [0.3, 0.4) is 0 Å². The van der Waals surface area contributed by atoms with Crippen LogP contribution >= 0.6 is 11.6 Å². The predicted molar refractivity (Wildman–Crippen MR) is 116 cm³/mol. The SMILES string of the molecule is CC(C)(C)OC(=O)N[C@@](C)(CO)CCc1ccc(Oc2cccc(C(F)(F)F)c2)cc1Cl. The molecular formula is C23H27ClF3NO4. The summed E-state index contributed by atoms with van der Waals surface area (Å²) >= 11 is 6.33. The van der Waals surface area contributed by atoms with E-state index < -0.39 is 29.0 Å². The topological polar surface area (TPSA) is 67.8 Å². The highest BCUT2D eigenvalue weighted by Crippen LogP contribution is 2.34. The monoisotopic (exact) mass is 473 g/mol. The maximum Gasteiger partial charge on any atom is 0.416 e. The molecule has 0 aliphatic carbocycles. The van der Waals surface area contributed by atoms with Crippen LogP contribution in [0.2, 0.25) is 5.02 Å². The molecule has 0 aliphatic heterocycles. The molecule has 2 N–H and O–H groups in total. The number of benzene rings is 2. The molecule has 0 unspecified atom stereocenters. The van der Waals surface area contributed by atoms with Crippen LogP contribution in [0.4, 0.5) is 18.0 Å². The number of hydrogen-bond acceptors (Lipinski definition) is 4. The van der Waals surface area contributed by atoms with Crippen LogP contribution in [0.5, 0.6) is 11.5 Å². The van der Waals surface area contributed by atoms with Crippen LogP contribution in [0.1, 0.15) is 45.2 Å². The summed E-state index contributed by atoms with van der Waals surface area (Å²) in [5.74, 6) is 0.327. The van der Waals surface area contributed by atoms with E-state index in [1.165, 1.54) is 18.2 Å². The molecule has 0 bridgehead atoms. The van der Waals surface area contributed by atoms with Gasteiger partial charge in [0.2, 0.25) is 0 Å². The van der Waals surface area contributed by atoms with Gasteiger partial charge in [-0.3, -0.25) is 0 Å². The second-order valence-electron chi connectivity index (χ2n) is 8.73. The fourth-order valence-electron chi connectivity index (χ4n) is 2.81. The summed E-state index contributed by atoms with van der Waals surface area (Å²) in [6, 6.07) is 9.36. The number of amides is 1. The molecule has 1 atom stereocenters. The van der Waals surface area contributed by atoms with Crippen LogP contribution in [-0.4, -0.2) is 28.9 Å². The van der Waals surface area contributed by atoms with E-state index in [1.54, 1.807) is 39.8 Å². The number of hydrogen-bond donors (Lipinski definition) is 2. The van der Waals surface area contributed by atoms with Gasteiger partial charge in [0.05, 0.1) is 17.7 Å². The van der Waals surface area contributed by atoms with Crippen molar-refractivity contribution in [1.82, 2.24) is 5.32 Å². The van der Waals surface area contributed by atoms with Crippen LogP contribution in [0.25, 0.3) is 0 Å². The lowest BCUT2D eigenvalue weighted by molar-refractivity contribution is -0.137. The number of rotatable bonds is 7. The van der Waals surface area contributed by atoms with E-state index in [0.717, 1.165) is 17.7 Å². The first kappa shape index (κ1) is 25.8. The highest BCUT2D eigenvalue weighted by molar-refractivity contribution is 6.31. The normalized spacial score (nSPS) is 13.9. The summed E-state index contributed by atoms with van der Waals surface area (Å²) in [5, 5.41) is 12.8. The third kappa shape index (κ3) is 7.91. The first-order valence-corrected chi connectivity index (χ1v) is 10.3. The van der Waals surface area contributed by atoms with Gasteiger partial charge in [-0.25, -0.2) is 4.79 Å². The van der Waals surface area contributed by atoms with E-state index in [4.69, 9.17) is 21.1 Å². The summed E-state index contributed by atoms with van der Waals surface area (Å²) in [5.41, 5.74) is -1.68. The van der Waals surface area contributed by atoms with Crippen molar-refractivity contribution in [2.24, 2.45) is 0 Å². The van der Waals surface area contributed by atoms with E-state index in [-0.39, 0.29) is 18.1 Å². The van der Waals surface area contributed by atoms with Crippen molar-refractivity contribution in [2.75, 3.05) is 6.61 Å². The molecule has 0 heterocycles. The number of alkyl halides is 3. The highest BCUT2D eigenvalue weighted by Gasteiger charge is 2.31. The molecule has 32 heavy (non-hydrogen) atoms. The molecule has 0 spiro atoms. The van der Waals surface area contributed by atoms with Crippen LogP contribution in [0.15, 0.2) is 42.5 Å². The van der Waals surface area contributed by atoms with Crippen molar-refractivity contribution >= 4 is 17.7 Å². The van der Waals surface area contributed by atoms with Gasteiger partial charge in [-0.15, -0.1) is 0 Å². The zero-order valence-electron chi connectivity index (χ0n) is 18.3. The molecule has 2 aromatic carbocycles.